The van der Waals surface area contributed by atoms with Gasteiger partial charge in [0, 0.05) is 76.5 Å². The lowest BCUT2D eigenvalue weighted by Crippen LogP contribution is -2.50. The Morgan fingerprint density at radius 2 is 1.84 bits per heavy atom. The monoisotopic (exact) mass is 422 g/mol. The molecule has 1 saturated heterocycles. The number of carbonyl (C=O) groups is 1. The summed E-state index contributed by atoms with van der Waals surface area (Å²) in [5.41, 5.74) is 1.50. The van der Waals surface area contributed by atoms with Crippen molar-refractivity contribution in [3.8, 4) is 0 Å². The van der Waals surface area contributed by atoms with E-state index in [-0.39, 0.29) is 16.9 Å². The summed E-state index contributed by atoms with van der Waals surface area (Å²) in [6, 6.07) is 3.60. The van der Waals surface area contributed by atoms with Crippen LogP contribution in [0.1, 0.15) is 35.7 Å². The number of amides is 1. The average molecular weight is 423 g/mol. The molecule has 4 heterocycles. The van der Waals surface area contributed by atoms with Gasteiger partial charge in [0.15, 0.2) is 0 Å². The Morgan fingerprint density at radius 1 is 1.06 bits per heavy atom. The standard InChI is InChI=1S/C23H30N6O2/c1-4-20-24-8-9-28(20)13-10-26-11-14-29(15-12-26)23(31)19-16-27(5-2)22-18(21(19)30)7-6-17(3)25-22/h6-9,16H,4-5,10-15H2,1-3H3. The minimum atomic E-state index is -0.230. The van der Waals surface area contributed by atoms with E-state index in [0.717, 1.165) is 44.1 Å². The van der Waals surface area contributed by atoms with E-state index < -0.39 is 0 Å². The van der Waals surface area contributed by atoms with Crippen LogP contribution in [0.15, 0.2) is 35.5 Å². The number of pyridine rings is 2. The lowest BCUT2D eigenvalue weighted by Gasteiger charge is -2.34. The van der Waals surface area contributed by atoms with Gasteiger partial charge in [0.25, 0.3) is 5.91 Å². The van der Waals surface area contributed by atoms with Gasteiger partial charge in [-0.15, -0.1) is 0 Å². The van der Waals surface area contributed by atoms with Crippen LogP contribution in [-0.2, 0) is 19.5 Å². The van der Waals surface area contributed by atoms with Crippen LogP contribution in [0, 0.1) is 6.92 Å². The van der Waals surface area contributed by atoms with E-state index in [1.165, 1.54) is 0 Å². The fraction of sp³-hybridized carbons (Fsp3) is 0.478. The van der Waals surface area contributed by atoms with Crippen LogP contribution in [0.4, 0.5) is 0 Å². The van der Waals surface area contributed by atoms with Crippen LogP contribution in [0.5, 0.6) is 0 Å². The maximum atomic E-state index is 13.2. The van der Waals surface area contributed by atoms with E-state index >= 15 is 0 Å². The van der Waals surface area contributed by atoms with Gasteiger partial charge in [0.2, 0.25) is 5.43 Å². The number of piperazine rings is 1. The van der Waals surface area contributed by atoms with Crippen molar-refractivity contribution in [2.45, 2.75) is 40.3 Å². The summed E-state index contributed by atoms with van der Waals surface area (Å²) in [5.74, 6) is 0.916. The molecule has 3 aromatic heterocycles. The van der Waals surface area contributed by atoms with E-state index in [0.29, 0.717) is 30.7 Å². The molecular weight excluding hydrogens is 392 g/mol. The Hall–Kier alpha value is -3.00. The smallest absolute Gasteiger partial charge is 0.259 e. The Labute approximate surface area is 182 Å². The summed E-state index contributed by atoms with van der Waals surface area (Å²) >= 11 is 0. The molecule has 0 unspecified atom stereocenters. The van der Waals surface area contributed by atoms with Gasteiger partial charge < -0.3 is 14.0 Å². The molecule has 0 atom stereocenters. The molecule has 1 fully saturated rings. The van der Waals surface area contributed by atoms with Crippen molar-refractivity contribution >= 4 is 16.9 Å². The first-order valence-corrected chi connectivity index (χ1v) is 11.0. The molecule has 0 bridgehead atoms. The molecule has 8 nitrogen and oxygen atoms in total. The highest BCUT2D eigenvalue weighted by Crippen LogP contribution is 2.13. The summed E-state index contributed by atoms with van der Waals surface area (Å²) in [7, 11) is 0. The summed E-state index contributed by atoms with van der Waals surface area (Å²) in [4.78, 5) is 39.3. The molecule has 0 aliphatic carbocycles. The fourth-order valence-corrected chi connectivity index (χ4v) is 4.21. The maximum Gasteiger partial charge on any atom is 0.259 e. The molecule has 8 heteroatoms. The van der Waals surface area contributed by atoms with Crippen molar-refractivity contribution in [2.75, 3.05) is 32.7 Å². The molecule has 1 aliphatic heterocycles. The molecule has 0 N–H and O–H groups in total. The van der Waals surface area contributed by atoms with Crippen LogP contribution >= 0.6 is 0 Å². The first kappa shape index (κ1) is 21.2. The maximum absolute atomic E-state index is 13.2. The Balaban J connectivity index is 1.45. The quantitative estimate of drug-likeness (QED) is 0.607. The zero-order chi connectivity index (χ0) is 22.0. The van der Waals surface area contributed by atoms with Crippen molar-refractivity contribution in [1.82, 2.24) is 28.9 Å². The van der Waals surface area contributed by atoms with Gasteiger partial charge >= 0.3 is 0 Å². The molecule has 31 heavy (non-hydrogen) atoms. The summed E-state index contributed by atoms with van der Waals surface area (Å²) in [5, 5.41) is 0.504. The van der Waals surface area contributed by atoms with Gasteiger partial charge in [-0.2, -0.15) is 0 Å². The van der Waals surface area contributed by atoms with Crippen molar-refractivity contribution in [3.05, 3.63) is 58.0 Å². The number of aromatic nitrogens is 4. The van der Waals surface area contributed by atoms with Crippen LogP contribution < -0.4 is 5.43 Å². The number of nitrogens with zero attached hydrogens (tertiary/aromatic N) is 6. The molecule has 0 radical (unpaired) electrons. The van der Waals surface area contributed by atoms with E-state index in [1.54, 1.807) is 17.2 Å². The fourth-order valence-electron chi connectivity index (χ4n) is 4.21. The first-order chi connectivity index (χ1) is 15.0. The Bertz CT molecular complexity index is 1140. The number of carbonyl (C=O) groups excluding carboxylic acids is 1. The second-order valence-corrected chi connectivity index (χ2v) is 8.01. The second-order valence-electron chi connectivity index (χ2n) is 8.01. The average Bonchev–Trinajstić information content (AvgIpc) is 3.25. The summed E-state index contributed by atoms with van der Waals surface area (Å²) in [6.07, 6.45) is 6.47. The van der Waals surface area contributed by atoms with Gasteiger partial charge in [-0.3, -0.25) is 14.5 Å². The number of imidazole rings is 1. The van der Waals surface area contributed by atoms with Gasteiger partial charge in [-0.25, -0.2) is 9.97 Å². The first-order valence-electron chi connectivity index (χ1n) is 11.0. The minimum Gasteiger partial charge on any atom is -0.336 e. The zero-order valence-electron chi connectivity index (χ0n) is 18.5. The normalized spacial score (nSPS) is 15.0. The van der Waals surface area contributed by atoms with Crippen molar-refractivity contribution in [2.24, 2.45) is 0 Å². The lowest BCUT2D eigenvalue weighted by molar-refractivity contribution is 0.0631. The highest BCUT2D eigenvalue weighted by molar-refractivity contribution is 5.97. The predicted molar refractivity (Wildman–Crippen MR) is 120 cm³/mol. The molecule has 3 aromatic rings. The van der Waals surface area contributed by atoms with E-state index in [4.69, 9.17) is 0 Å². The van der Waals surface area contributed by atoms with Gasteiger partial charge in [0.05, 0.1) is 5.39 Å². The number of hydrogen-bond donors (Lipinski definition) is 0. The number of rotatable bonds is 6. The summed E-state index contributed by atoms with van der Waals surface area (Å²) < 4.78 is 4.08. The minimum absolute atomic E-state index is 0.183. The van der Waals surface area contributed by atoms with Crippen LogP contribution in [0.2, 0.25) is 0 Å². The third-order valence-electron chi connectivity index (χ3n) is 6.07. The molecular formula is C23H30N6O2. The number of aryl methyl sites for hydroxylation is 3. The number of fused-ring (bicyclic) bond motifs is 1. The van der Waals surface area contributed by atoms with Gasteiger partial charge in [-0.1, -0.05) is 6.92 Å². The largest absolute Gasteiger partial charge is 0.336 e. The third kappa shape index (κ3) is 4.25. The van der Waals surface area contributed by atoms with Crippen LogP contribution in [-0.4, -0.2) is 67.5 Å². The second kappa shape index (κ2) is 9.01. The highest BCUT2D eigenvalue weighted by Gasteiger charge is 2.25. The van der Waals surface area contributed by atoms with Crippen molar-refractivity contribution in [3.63, 3.8) is 0 Å². The topological polar surface area (TPSA) is 76.3 Å². The molecule has 0 spiro atoms. The van der Waals surface area contributed by atoms with E-state index in [9.17, 15) is 9.59 Å². The van der Waals surface area contributed by atoms with Crippen molar-refractivity contribution < 1.29 is 4.79 Å². The van der Waals surface area contributed by atoms with Crippen molar-refractivity contribution in [1.29, 1.82) is 0 Å². The van der Waals surface area contributed by atoms with Gasteiger partial charge in [0.1, 0.15) is 17.0 Å². The molecule has 0 saturated carbocycles. The van der Waals surface area contributed by atoms with E-state index in [1.807, 2.05) is 36.9 Å². The zero-order valence-corrected chi connectivity index (χ0v) is 18.5. The molecule has 164 valence electrons. The summed E-state index contributed by atoms with van der Waals surface area (Å²) in [6.45, 7) is 11.3. The highest BCUT2D eigenvalue weighted by atomic mass is 16.2. The third-order valence-corrected chi connectivity index (χ3v) is 6.07. The molecule has 1 amide bonds. The molecule has 4 rings (SSSR count). The van der Waals surface area contributed by atoms with Gasteiger partial charge in [-0.05, 0) is 26.0 Å². The Kier molecular flexibility index (Phi) is 6.18. The number of hydrogen-bond acceptors (Lipinski definition) is 5. The van der Waals surface area contributed by atoms with Crippen LogP contribution in [0.25, 0.3) is 11.0 Å². The Morgan fingerprint density at radius 3 is 2.55 bits per heavy atom. The molecule has 1 aliphatic rings. The lowest BCUT2D eigenvalue weighted by atomic mass is 10.1. The SMILES string of the molecule is CCc1nccn1CCN1CCN(C(=O)c2cn(CC)c3nc(C)ccc3c2=O)CC1. The van der Waals surface area contributed by atoms with E-state index in [2.05, 4.69) is 26.4 Å². The predicted octanol–water partition coefficient (Wildman–Crippen LogP) is 1.94. The van der Waals surface area contributed by atoms with Crippen LogP contribution in [0.3, 0.4) is 0 Å². The molecule has 0 aromatic carbocycles.